The van der Waals surface area contributed by atoms with Crippen LogP contribution in [0.1, 0.15) is 30.1 Å². The van der Waals surface area contributed by atoms with Gasteiger partial charge in [-0.3, -0.25) is 0 Å². The molecule has 0 atom stereocenters. The Morgan fingerprint density at radius 2 is 2.05 bits per heavy atom. The molecule has 112 valence electrons. The van der Waals surface area contributed by atoms with Crippen LogP contribution in [0.2, 0.25) is 5.02 Å². The van der Waals surface area contributed by atoms with E-state index in [-0.39, 0.29) is 5.02 Å². The van der Waals surface area contributed by atoms with E-state index < -0.39 is 11.7 Å². The third-order valence-corrected chi connectivity index (χ3v) is 3.65. The quantitative estimate of drug-likeness (QED) is 0.869. The van der Waals surface area contributed by atoms with Crippen molar-refractivity contribution in [2.24, 2.45) is 0 Å². The fourth-order valence-corrected chi connectivity index (χ4v) is 2.38. The molecular weight excluding hydrogens is 303 g/mol. The number of aryl methyl sites for hydroxylation is 1. The molecule has 2 aromatic rings. The largest absolute Gasteiger partial charge is 0.416 e. The number of halogens is 4. The van der Waals surface area contributed by atoms with Crippen molar-refractivity contribution in [3.05, 3.63) is 40.7 Å². The minimum atomic E-state index is -4.40. The molecule has 1 heterocycles. The van der Waals surface area contributed by atoms with E-state index in [1.54, 1.807) is 0 Å². The second kappa shape index (κ2) is 4.94. The molecule has 1 fully saturated rings. The Morgan fingerprint density at radius 3 is 2.62 bits per heavy atom. The molecule has 0 bridgehead atoms. The number of imidazole rings is 1. The molecule has 0 spiro atoms. The first kappa shape index (κ1) is 14.3. The van der Waals surface area contributed by atoms with Crippen molar-refractivity contribution in [2.45, 2.75) is 32.0 Å². The molecule has 1 aliphatic rings. The molecule has 1 N–H and O–H groups in total. The van der Waals surface area contributed by atoms with Crippen LogP contribution in [0, 0.1) is 6.92 Å². The summed E-state index contributed by atoms with van der Waals surface area (Å²) < 4.78 is 39.8. The van der Waals surface area contributed by atoms with Gasteiger partial charge in [0, 0.05) is 12.2 Å². The van der Waals surface area contributed by atoms with Crippen LogP contribution in [0.5, 0.6) is 0 Å². The van der Waals surface area contributed by atoms with Crippen LogP contribution in [-0.2, 0) is 6.18 Å². The van der Waals surface area contributed by atoms with Crippen LogP contribution in [0.15, 0.2) is 24.4 Å². The predicted octanol–water partition coefficient (Wildman–Crippen LogP) is 4.94. The van der Waals surface area contributed by atoms with Crippen molar-refractivity contribution in [3.63, 3.8) is 0 Å². The number of hydrogen-bond acceptors (Lipinski definition) is 2. The zero-order valence-corrected chi connectivity index (χ0v) is 12.0. The zero-order chi connectivity index (χ0) is 15.2. The Hall–Kier alpha value is -1.69. The summed E-state index contributed by atoms with van der Waals surface area (Å²) in [5.41, 5.74) is 0.504. The molecule has 0 radical (unpaired) electrons. The van der Waals surface area contributed by atoms with E-state index >= 15 is 0 Å². The number of benzene rings is 1. The summed E-state index contributed by atoms with van der Waals surface area (Å²) in [5, 5.41) is 3.04. The predicted molar refractivity (Wildman–Crippen MR) is 75.0 cm³/mol. The van der Waals surface area contributed by atoms with Gasteiger partial charge in [-0.1, -0.05) is 11.6 Å². The van der Waals surface area contributed by atoms with E-state index in [0.717, 1.165) is 30.7 Å². The number of hydrogen-bond donors (Lipinski definition) is 1. The van der Waals surface area contributed by atoms with Crippen LogP contribution < -0.4 is 5.32 Å². The van der Waals surface area contributed by atoms with Gasteiger partial charge in [0.2, 0.25) is 5.95 Å². The first-order valence-corrected chi connectivity index (χ1v) is 6.91. The first-order chi connectivity index (χ1) is 9.84. The highest BCUT2D eigenvalue weighted by Gasteiger charge is 2.31. The van der Waals surface area contributed by atoms with Gasteiger partial charge in [-0.25, -0.2) is 4.98 Å². The Balaban J connectivity index is 1.88. The van der Waals surface area contributed by atoms with Crippen molar-refractivity contribution in [2.75, 3.05) is 5.32 Å². The van der Waals surface area contributed by atoms with Crippen molar-refractivity contribution in [1.82, 2.24) is 9.55 Å². The minimum absolute atomic E-state index is 0.0211. The van der Waals surface area contributed by atoms with E-state index in [1.165, 1.54) is 6.07 Å². The van der Waals surface area contributed by atoms with Crippen LogP contribution in [0.4, 0.5) is 24.8 Å². The number of nitrogens with one attached hydrogen (secondary N) is 1. The monoisotopic (exact) mass is 315 g/mol. The van der Waals surface area contributed by atoms with Gasteiger partial charge in [0.05, 0.1) is 22.0 Å². The minimum Gasteiger partial charge on any atom is -0.324 e. The molecule has 7 heteroatoms. The van der Waals surface area contributed by atoms with E-state index in [1.807, 2.05) is 17.7 Å². The van der Waals surface area contributed by atoms with E-state index in [2.05, 4.69) is 10.3 Å². The van der Waals surface area contributed by atoms with Gasteiger partial charge in [-0.05, 0) is 38.0 Å². The third kappa shape index (κ3) is 3.00. The standard InChI is InChI=1S/C14H13ClF3N3/c1-8-7-21(10-3-4-10)13(19-8)20-12-5-2-9(6-11(12)15)14(16,17)18/h2,5-7,10H,3-4H2,1H3,(H,19,20). The second-order valence-electron chi connectivity index (χ2n) is 5.16. The van der Waals surface area contributed by atoms with Crippen LogP contribution in [-0.4, -0.2) is 9.55 Å². The van der Waals surface area contributed by atoms with Crippen LogP contribution >= 0.6 is 11.6 Å². The van der Waals surface area contributed by atoms with Gasteiger partial charge < -0.3 is 9.88 Å². The average Bonchev–Trinajstić information content (AvgIpc) is 3.15. The van der Waals surface area contributed by atoms with E-state index in [4.69, 9.17) is 11.6 Å². The van der Waals surface area contributed by atoms with Gasteiger partial charge in [-0.15, -0.1) is 0 Å². The average molecular weight is 316 g/mol. The Morgan fingerprint density at radius 1 is 1.33 bits per heavy atom. The molecule has 0 saturated heterocycles. The van der Waals surface area contributed by atoms with Crippen LogP contribution in [0.25, 0.3) is 0 Å². The molecule has 3 nitrogen and oxygen atoms in total. The SMILES string of the molecule is Cc1cn(C2CC2)c(Nc2ccc(C(F)(F)F)cc2Cl)n1. The molecule has 1 aromatic carbocycles. The molecule has 21 heavy (non-hydrogen) atoms. The number of aromatic nitrogens is 2. The summed E-state index contributed by atoms with van der Waals surface area (Å²) in [6.07, 6.45) is -0.292. The molecule has 1 aliphatic carbocycles. The lowest BCUT2D eigenvalue weighted by Crippen LogP contribution is -2.06. The summed E-state index contributed by atoms with van der Waals surface area (Å²) in [5.74, 6) is 0.608. The summed E-state index contributed by atoms with van der Waals surface area (Å²) >= 11 is 5.94. The van der Waals surface area contributed by atoms with Crippen molar-refractivity contribution < 1.29 is 13.2 Å². The van der Waals surface area contributed by atoms with E-state index in [9.17, 15) is 13.2 Å². The van der Waals surface area contributed by atoms with Gasteiger partial charge in [0.15, 0.2) is 0 Å². The smallest absolute Gasteiger partial charge is 0.324 e. The summed E-state index contributed by atoms with van der Waals surface area (Å²) in [7, 11) is 0. The number of anilines is 2. The Kier molecular flexibility index (Phi) is 3.36. The molecule has 1 saturated carbocycles. The van der Waals surface area contributed by atoms with Crippen molar-refractivity contribution in [3.8, 4) is 0 Å². The Labute approximate surface area is 124 Å². The molecule has 0 unspecified atom stereocenters. The number of alkyl halides is 3. The lowest BCUT2D eigenvalue weighted by molar-refractivity contribution is -0.137. The maximum Gasteiger partial charge on any atom is 0.416 e. The normalized spacial score (nSPS) is 15.3. The fraction of sp³-hybridized carbons (Fsp3) is 0.357. The number of rotatable bonds is 3. The van der Waals surface area contributed by atoms with Gasteiger partial charge >= 0.3 is 6.18 Å². The zero-order valence-electron chi connectivity index (χ0n) is 11.2. The van der Waals surface area contributed by atoms with E-state index in [0.29, 0.717) is 17.7 Å². The van der Waals surface area contributed by atoms with Gasteiger partial charge in [0.1, 0.15) is 0 Å². The summed E-state index contributed by atoms with van der Waals surface area (Å²) in [6.45, 7) is 1.87. The van der Waals surface area contributed by atoms with Crippen molar-refractivity contribution in [1.29, 1.82) is 0 Å². The first-order valence-electron chi connectivity index (χ1n) is 6.54. The topological polar surface area (TPSA) is 29.9 Å². The maximum absolute atomic E-state index is 12.6. The highest BCUT2D eigenvalue weighted by Crippen LogP contribution is 2.39. The lowest BCUT2D eigenvalue weighted by atomic mass is 10.2. The fourth-order valence-electron chi connectivity index (χ4n) is 2.15. The molecular formula is C14H13ClF3N3. The summed E-state index contributed by atoms with van der Waals surface area (Å²) in [4.78, 5) is 4.35. The molecule has 1 aromatic heterocycles. The second-order valence-corrected chi connectivity index (χ2v) is 5.57. The molecule has 0 amide bonds. The van der Waals surface area contributed by atoms with Gasteiger partial charge in [-0.2, -0.15) is 13.2 Å². The van der Waals surface area contributed by atoms with Crippen molar-refractivity contribution >= 4 is 23.2 Å². The Bertz CT molecular complexity index is 675. The number of nitrogens with zero attached hydrogens (tertiary/aromatic N) is 2. The highest BCUT2D eigenvalue weighted by molar-refractivity contribution is 6.33. The lowest BCUT2D eigenvalue weighted by Gasteiger charge is -2.12. The molecule has 3 rings (SSSR count). The maximum atomic E-state index is 12.6. The summed E-state index contributed by atoms with van der Waals surface area (Å²) in [6, 6.07) is 3.67. The van der Waals surface area contributed by atoms with Gasteiger partial charge in [0.25, 0.3) is 0 Å². The third-order valence-electron chi connectivity index (χ3n) is 3.34. The highest BCUT2D eigenvalue weighted by atomic mass is 35.5. The molecule has 0 aliphatic heterocycles. The van der Waals surface area contributed by atoms with Crippen LogP contribution in [0.3, 0.4) is 0 Å².